The normalized spacial score (nSPS) is 14.3. The number of pyridine rings is 3. The molecule has 12 rings (SSSR count). The molecule has 12 aromatic rings. The SMILES string of the molecule is O=P(O[C@@](Cn1cnnn1)(c1ccc(F)cc1F)C(F)(F)c1ccc(-c2ccc(OCC(F)(F)F)cc2)cn1)(O[C@@](Cn1cnnn1)(c1ccc(F)cc1F)C(F)(F)c1ccc(-c2ccc(OCC(F)(F)F)cc2)cn1)O[C@@](Cn1cnnn1)(c1ccc(F)cc1F)C(F)(F)c1ccc(-c2ccc(OCC(F)(F)F)cc2)cn1. The van der Waals surface area contributed by atoms with Gasteiger partial charge in [-0.05, 0) is 139 Å². The third-order valence-corrected chi connectivity index (χ3v) is 18.4. The van der Waals surface area contributed by atoms with Gasteiger partial charge < -0.3 is 14.2 Å². The maximum atomic E-state index is 19.7. The van der Waals surface area contributed by atoms with Crippen molar-refractivity contribution in [1.82, 2.24) is 75.6 Å². The molecular weight excluding hydrogens is 1580 g/mol. The van der Waals surface area contributed by atoms with Gasteiger partial charge in [0.2, 0.25) is 0 Å². The van der Waals surface area contributed by atoms with Gasteiger partial charge in [0.15, 0.2) is 36.6 Å². The number of ether oxygens (including phenoxy) is 3. The Hall–Kier alpha value is -12.0. The zero-order chi connectivity index (χ0) is 81.2. The molecular formula is C69H45F21N15O7P. The predicted octanol–water partition coefficient (Wildman–Crippen LogP) is 16.1. The van der Waals surface area contributed by atoms with Crippen LogP contribution < -0.4 is 14.2 Å². The predicted molar refractivity (Wildman–Crippen MR) is 344 cm³/mol. The number of aromatic nitrogens is 15. The third kappa shape index (κ3) is 17.5. The van der Waals surface area contributed by atoms with Crippen molar-refractivity contribution in [2.45, 2.75) is 72.7 Å². The number of alkyl halides is 15. The first-order chi connectivity index (χ1) is 53.3. The Balaban J connectivity index is 1.15. The molecule has 0 bridgehead atoms. The Morgan fingerprint density at radius 1 is 0.319 bits per heavy atom. The van der Waals surface area contributed by atoms with Crippen LogP contribution in [0.4, 0.5) is 92.2 Å². The largest absolute Gasteiger partial charge is 0.484 e. The smallest absolute Gasteiger partial charge is 0.478 e. The van der Waals surface area contributed by atoms with E-state index < -0.39 is 169 Å². The molecule has 113 heavy (non-hydrogen) atoms. The summed E-state index contributed by atoms with van der Waals surface area (Å²) in [7, 11) is -8.21. The Morgan fingerprint density at radius 3 is 0.770 bits per heavy atom. The summed E-state index contributed by atoms with van der Waals surface area (Å²) >= 11 is 0. The second-order valence-corrected chi connectivity index (χ2v) is 25.8. The maximum absolute atomic E-state index is 19.7. The lowest BCUT2D eigenvalue weighted by Gasteiger charge is -2.48. The van der Waals surface area contributed by atoms with E-state index >= 15 is 57.3 Å². The Morgan fingerprint density at radius 2 is 0.566 bits per heavy atom. The van der Waals surface area contributed by atoms with Crippen molar-refractivity contribution in [1.29, 1.82) is 0 Å². The molecule has 6 aromatic heterocycles. The quantitative estimate of drug-likeness (QED) is 0.0300. The molecule has 6 heterocycles. The van der Waals surface area contributed by atoms with Gasteiger partial charge in [-0.1, -0.05) is 54.6 Å². The molecule has 0 aliphatic rings. The van der Waals surface area contributed by atoms with Gasteiger partial charge >= 0.3 is 44.1 Å². The zero-order valence-corrected chi connectivity index (χ0v) is 57.1. The fourth-order valence-electron chi connectivity index (χ4n) is 11.6. The number of tetrazole rings is 3. The van der Waals surface area contributed by atoms with Gasteiger partial charge in [0.05, 0.1) is 19.6 Å². The molecule has 3 atom stereocenters. The van der Waals surface area contributed by atoms with Gasteiger partial charge in [-0.15, -0.1) is 15.3 Å². The fraction of sp³-hybridized carbons (Fsp3) is 0.217. The minimum atomic E-state index is -8.21. The summed E-state index contributed by atoms with van der Waals surface area (Å²) < 4.78 is 387. The number of phosphoric ester groups is 1. The van der Waals surface area contributed by atoms with Gasteiger partial charge in [-0.25, -0.2) is 45.0 Å². The van der Waals surface area contributed by atoms with E-state index in [-0.39, 0.29) is 119 Å². The van der Waals surface area contributed by atoms with Crippen molar-refractivity contribution in [2.75, 3.05) is 19.8 Å². The number of rotatable bonds is 30. The van der Waals surface area contributed by atoms with E-state index in [1.165, 1.54) is 0 Å². The first-order valence-electron chi connectivity index (χ1n) is 31.9. The van der Waals surface area contributed by atoms with Crippen LogP contribution in [0, 0.1) is 34.9 Å². The van der Waals surface area contributed by atoms with Crippen LogP contribution in [0.5, 0.6) is 17.2 Å². The molecule has 0 radical (unpaired) electrons. The van der Waals surface area contributed by atoms with Crippen molar-refractivity contribution in [3.8, 4) is 50.6 Å². The molecule has 0 amide bonds. The summed E-state index contributed by atoms with van der Waals surface area (Å²) in [5.74, 6) is -29.4. The third-order valence-electron chi connectivity index (χ3n) is 16.8. The molecule has 0 fully saturated rings. The molecule has 0 spiro atoms. The van der Waals surface area contributed by atoms with Gasteiger partial charge in [-0.2, -0.15) is 65.9 Å². The van der Waals surface area contributed by atoms with E-state index in [4.69, 9.17) is 27.8 Å². The van der Waals surface area contributed by atoms with E-state index in [0.29, 0.717) is 55.8 Å². The minimum Gasteiger partial charge on any atom is -0.484 e. The first-order valence-corrected chi connectivity index (χ1v) is 33.4. The van der Waals surface area contributed by atoms with Crippen LogP contribution in [0.25, 0.3) is 33.4 Å². The first kappa shape index (κ1) is 80.5. The number of hydrogen-bond donors (Lipinski definition) is 0. The summed E-state index contributed by atoms with van der Waals surface area (Å²) in [5, 5.41) is 30.9. The number of nitrogens with zero attached hydrogens (tertiary/aromatic N) is 15. The monoisotopic (exact) mass is 1630 g/mol. The summed E-state index contributed by atoms with van der Waals surface area (Å²) in [6.07, 6.45) is -11.3. The average Bonchev–Trinajstić information content (AvgIpc) is 1.10. The second-order valence-electron chi connectivity index (χ2n) is 24.4. The van der Waals surface area contributed by atoms with E-state index in [1.807, 2.05) is 0 Å². The maximum Gasteiger partial charge on any atom is 0.478 e. The lowest BCUT2D eigenvalue weighted by molar-refractivity contribution is -0.252. The van der Waals surface area contributed by atoms with Crippen LogP contribution in [0.3, 0.4) is 0 Å². The number of benzene rings is 6. The topological polar surface area (TPSA) is 242 Å². The fourth-order valence-corrected chi connectivity index (χ4v) is 13.7. The molecule has 6 aromatic carbocycles. The molecule has 0 unspecified atom stereocenters. The van der Waals surface area contributed by atoms with Crippen LogP contribution in [0.1, 0.15) is 33.8 Å². The highest BCUT2D eigenvalue weighted by Gasteiger charge is 2.72. The van der Waals surface area contributed by atoms with Crippen molar-refractivity contribution < 1.29 is 125 Å². The van der Waals surface area contributed by atoms with Crippen molar-refractivity contribution in [3.63, 3.8) is 0 Å². The van der Waals surface area contributed by atoms with Crippen LogP contribution in [-0.4, -0.2) is 114 Å². The van der Waals surface area contributed by atoms with E-state index in [0.717, 1.165) is 91.0 Å². The van der Waals surface area contributed by atoms with E-state index in [1.54, 1.807) is 0 Å². The standard InChI is InChI=1S/C69H45F21N15O7P/c70-46-10-19-52(55(73)25-46)61(31-103-37-94-97-100-103,67(85,86)58-22-7-43(28-91-58)40-1-13-49(14-2-40)107-34-64(76,77)78)110-113(106,111-62(32-104-38-95-98-101-104,53-20-11-47(71)26-56(53)74)68(87,88)59-23-8-44(29-92-59)41-3-15-50(16-4-41)108-35-65(79,80)81)112-63(33-105-39-96-99-102-105,54-21-12-48(72)27-57(54)75)69(89,90)60-24-9-45(30-93-60)42-5-17-51(18-6-42)109-36-66(82,83)84/h1-30,37-39H,31-36H2/t61-,62-,63-/m0/s1. The number of halogens is 21. The molecule has 0 aliphatic heterocycles. The second kappa shape index (κ2) is 31.3. The molecule has 0 saturated carbocycles. The van der Waals surface area contributed by atoms with E-state index in [2.05, 4.69) is 61.5 Å². The Kier molecular flexibility index (Phi) is 22.3. The van der Waals surface area contributed by atoms with E-state index in [9.17, 15) is 39.5 Å². The Bertz CT molecular complexity index is 4790. The van der Waals surface area contributed by atoms with Crippen LogP contribution in [-0.2, 0) is 72.3 Å². The number of hydrogen-bond acceptors (Lipinski definition) is 19. The molecule has 0 aliphatic carbocycles. The molecule has 0 N–H and O–H groups in total. The summed E-state index contributed by atoms with van der Waals surface area (Å²) in [6.45, 7) is -11.6. The summed E-state index contributed by atoms with van der Waals surface area (Å²) in [4.78, 5) is 11.5. The van der Waals surface area contributed by atoms with Crippen molar-refractivity contribution in [2.24, 2.45) is 0 Å². The van der Waals surface area contributed by atoms with Gasteiger partial charge in [0.1, 0.15) is 88.2 Å². The molecule has 22 nitrogen and oxygen atoms in total. The highest BCUT2D eigenvalue weighted by Crippen LogP contribution is 2.71. The summed E-state index contributed by atoms with van der Waals surface area (Å²) in [6, 6.07) is 17.0. The highest BCUT2D eigenvalue weighted by molar-refractivity contribution is 7.48. The molecule has 590 valence electrons. The van der Waals surface area contributed by atoms with Crippen LogP contribution >= 0.6 is 7.82 Å². The lowest BCUT2D eigenvalue weighted by atomic mass is 9.84. The van der Waals surface area contributed by atoms with Gasteiger partial charge in [-0.3, -0.25) is 28.5 Å². The lowest BCUT2D eigenvalue weighted by Crippen LogP contribution is -2.54. The molecule has 0 saturated heterocycles. The minimum absolute atomic E-state index is 0.0213. The number of phosphoric acid groups is 1. The van der Waals surface area contributed by atoms with Crippen LogP contribution in [0.15, 0.2) is 201 Å². The molecule has 44 heteroatoms. The average molecular weight is 1630 g/mol. The van der Waals surface area contributed by atoms with Crippen LogP contribution in [0.2, 0.25) is 0 Å². The van der Waals surface area contributed by atoms with Gasteiger partial charge in [0.25, 0.3) is 0 Å². The van der Waals surface area contributed by atoms with Crippen molar-refractivity contribution >= 4 is 7.82 Å². The Labute approximate surface area is 619 Å². The highest BCUT2D eigenvalue weighted by atomic mass is 31.2. The summed E-state index contributed by atoms with van der Waals surface area (Å²) in [5.41, 5.74) is -26.0. The van der Waals surface area contributed by atoms with Crippen molar-refractivity contribution in [3.05, 3.63) is 270 Å². The zero-order valence-electron chi connectivity index (χ0n) is 56.2. The van der Waals surface area contributed by atoms with Gasteiger partial charge in [0, 0.05) is 70.2 Å².